The van der Waals surface area contributed by atoms with E-state index in [0.717, 1.165) is 47.7 Å². The minimum absolute atomic E-state index is 0.344. The standard InChI is InChI=1S/C25H24Cl2N4O/c1-2-19-22(25-29-28-24(32-25)17-8-4-3-5-9-17)30-31(21-11-7-6-10-20(21)27)23(19)16-12-14-18(26)15-13-16/h6-7,10-15,17H,2-5,8-9H2,1H3. The van der Waals surface area contributed by atoms with E-state index >= 15 is 0 Å². The number of rotatable bonds is 5. The quantitative estimate of drug-likeness (QED) is 0.305. The van der Waals surface area contributed by atoms with Crippen molar-refractivity contribution in [1.82, 2.24) is 20.0 Å². The molecule has 5 nitrogen and oxygen atoms in total. The van der Waals surface area contributed by atoms with Crippen LogP contribution in [-0.2, 0) is 6.42 Å². The second-order valence-electron chi connectivity index (χ2n) is 8.18. The van der Waals surface area contributed by atoms with Gasteiger partial charge >= 0.3 is 0 Å². The highest BCUT2D eigenvalue weighted by Gasteiger charge is 2.27. The SMILES string of the molecule is CCc1c(-c2nnc(C3CCCCC3)o2)nn(-c2ccccc2Cl)c1-c1ccc(Cl)cc1. The van der Waals surface area contributed by atoms with Crippen LogP contribution in [0.15, 0.2) is 52.9 Å². The van der Waals surface area contributed by atoms with Gasteiger partial charge in [0, 0.05) is 22.1 Å². The van der Waals surface area contributed by atoms with Gasteiger partial charge in [0.25, 0.3) is 5.89 Å². The van der Waals surface area contributed by atoms with Crippen molar-refractivity contribution < 1.29 is 4.42 Å². The fourth-order valence-corrected chi connectivity index (χ4v) is 4.85. The third-order valence-electron chi connectivity index (χ3n) is 6.13. The summed E-state index contributed by atoms with van der Waals surface area (Å²) in [6.45, 7) is 2.11. The molecule has 1 aliphatic carbocycles. The Labute approximate surface area is 197 Å². The molecule has 0 aliphatic heterocycles. The van der Waals surface area contributed by atoms with Crippen LogP contribution in [0.3, 0.4) is 0 Å². The van der Waals surface area contributed by atoms with E-state index < -0.39 is 0 Å². The van der Waals surface area contributed by atoms with Gasteiger partial charge in [0.2, 0.25) is 5.89 Å². The number of halogens is 2. The lowest BCUT2D eigenvalue weighted by atomic mass is 9.89. The molecular weight excluding hydrogens is 443 g/mol. The molecule has 0 saturated heterocycles. The Hall–Kier alpha value is -2.63. The highest BCUT2D eigenvalue weighted by atomic mass is 35.5. The molecule has 0 unspecified atom stereocenters. The molecule has 2 heterocycles. The van der Waals surface area contributed by atoms with E-state index in [9.17, 15) is 0 Å². The topological polar surface area (TPSA) is 56.7 Å². The van der Waals surface area contributed by atoms with Gasteiger partial charge in [-0.3, -0.25) is 0 Å². The Bertz CT molecular complexity index is 1220. The summed E-state index contributed by atoms with van der Waals surface area (Å²) < 4.78 is 8.07. The van der Waals surface area contributed by atoms with Crippen molar-refractivity contribution in [3.63, 3.8) is 0 Å². The van der Waals surface area contributed by atoms with Crippen LogP contribution in [0.25, 0.3) is 28.5 Å². The first-order valence-corrected chi connectivity index (χ1v) is 11.9. The highest BCUT2D eigenvalue weighted by Crippen LogP contribution is 2.38. The molecule has 164 valence electrons. The summed E-state index contributed by atoms with van der Waals surface area (Å²) >= 11 is 12.7. The normalized spacial score (nSPS) is 14.7. The first-order valence-electron chi connectivity index (χ1n) is 11.1. The average molecular weight is 467 g/mol. The lowest BCUT2D eigenvalue weighted by molar-refractivity contribution is 0.366. The van der Waals surface area contributed by atoms with E-state index in [1.807, 2.05) is 53.2 Å². The van der Waals surface area contributed by atoms with E-state index in [1.54, 1.807) is 0 Å². The Morgan fingerprint density at radius 1 is 0.969 bits per heavy atom. The molecule has 0 atom stereocenters. The van der Waals surface area contributed by atoms with Crippen molar-refractivity contribution in [3.05, 3.63) is 70.0 Å². The number of hydrogen-bond acceptors (Lipinski definition) is 4. The van der Waals surface area contributed by atoms with Gasteiger partial charge in [0.1, 0.15) is 0 Å². The molecule has 1 fully saturated rings. The molecule has 2 aromatic heterocycles. The number of para-hydroxylation sites is 1. The lowest BCUT2D eigenvalue weighted by Crippen LogP contribution is -2.04. The van der Waals surface area contributed by atoms with Crippen LogP contribution in [0.1, 0.15) is 56.4 Å². The lowest BCUT2D eigenvalue weighted by Gasteiger charge is -2.17. The van der Waals surface area contributed by atoms with E-state index in [-0.39, 0.29) is 0 Å². The van der Waals surface area contributed by atoms with Crippen molar-refractivity contribution in [2.24, 2.45) is 0 Å². The molecule has 0 bridgehead atoms. The van der Waals surface area contributed by atoms with E-state index in [2.05, 4.69) is 17.1 Å². The third kappa shape index (κ3) is 3.96. The van der Waals surface area contributed by atoms with Crippen molar-refractivity contribution in [3.8, 4) is 28.5 Å². The van der Waals surface area contributed by atoms with Crippen LogP contribution in [0, 0.1) is 0 Å². The van der Waals surface area contributed by atoms with Gasteiger partial charge in [-0.25, -0.2) is 4.68 Å². The molecule has 2 aromatic carbocycles. The van der Waals surface area contributed by atoms with Crippen molar-refractivity contribution >= 4 is 23.2 Å². The molecule has 1 aliphatic rings. The number of benzene rings is 2. The fourth-order valence-electron chi connectivity index (χ4n) is 4.50. The summed E-state index contributed by atoms with van der Waals surface area (Å²) in [6, 6.07) is 15.4. The molecule has 32 heavy (non-hydrogen) atoms. The second kappa shape index (κ2) is 9.08. The molecule has 0 spiro atoms. The van der Waals surface area contributed by atoms with Gasteiger partial charge in [0.15, 0.2) is 5.69 Å². The Balaban J connectivity index is 1.67. The van der Waals surface area contributed by atoms with Crippen LogP contribution in [0.4, 0.5) is 0 Å². The molecule has 0 radical (unpaired) electrons. The molecular formula is C25H24Cl2N4O. The number of hydrogen-bond donors (Lipinski definition) is 0. The van der Waals surface area contributed by atoms with Crippen LogP contribution >= 0.6 is 23.2 Å². The minimum Gasteiger partial charge on any atom is -0.419 e. The molecule has 7 heteroatoms. The van der Waals surface area contributed by atoms with E-state index in [0.29, 0.717) is 27.5 Å². The van der Waals surface area contributed by atoms with Crippen molar-refractivity contribution in [2.75, 3.05) is 0 Å². The summed E-state index contributed by atoms with van der Waals surface area (Å²) in [5, 5.41) is 15.0. The summed E-state index contributed by atoms with van der Waals surface area (Å²) in [4.78, 5) is 0. The number of nitrogens with zero attached hydrogens (tertiary/aromatic N) is 4. The van der Waals surface area contributed by atoms with Crippen LogP contribution in [-0.4, -0.2) is 20.0 Å². The molecule has 4 aromatic rings. The zero-order valence-corrected chi connectivity index (χ0v) is 19.4. The van der Waals surface area contributed by atoms with Crippen molar-refractivity contribution in [2.45, 2.75) is 51.4 Å². The average Bonchev–Trinajstić information content (AvgIpc) is 3.45. The maximum Gasteiger partial charge on any atom is 0.268 e. The zero-order valence-electron chi connectivity index (χ0n) is 17.9. The van der Waals surface area contributed by atoms with E-state index in [4.69, 9.17) is 32.7 Å². The van der Waals surface area contributed by atoms with Crippen molar-refractivity contribution in [1.29, 1.82) is 0 Å². The Morgan fingerprint density at radius 3 is 2.44 bits per heavy atom. The van der Waals surface area contributed by atoms with Gasteiger partial charge < -0.3 is 4.42 Å². The van der Waals surface area contributed by atoms with Crippen LogP contribution in [0.5, 0.6) is 0 Å². The van der Waals surface area contributed by atoms with Gasteiger partial charge in [0.05, 0.1) is 16.4 Å². The zero-order chi connectivity index (χ0) is 22.1. The largest absolute Gasteiger partial charge is 0.419 e. The summed E-state index contributed by atoms with van der Waals surface area (Å²) in [7, 11) is 0. The van der Waals surface area contributed by atoms with Gasteiger partial charge in [-0.2, -0.15) is 5.10 Å². The van der Waals surface area contributed by atoms with Gasteiger partial charge in [-0.15, -0.1) is 10.2 Å². The summed E-state index contributed by atoms with van der Waals surface area (Å²) in [5.41, 5.74) is 4.48. The molecule has 0 amide bonds. The maximum absolute atomic E-state index is 6.57. The first-order chi connectivity index (χ1) is 15.7. The predicted molar refractivity (Wildman–Crippen MR) is 128 cm³/mol. The molecule has 0 N–H and O–H groups in total. The first kappa shape index (κ1) is 21.2. The smallest absolute Gasteiger partial charge is 0.268 e. The third-order valence-corrected chi connectivity index (χ3v) is 6.70. The van der Waals surface area contributed by atoms with Crippen LogP contribution < -0.4 is 0 Å². The maximum atomic E-state index is 6.57. The second-order valence-corrected chi connectivity index (χ2v) is 9.02. The van der Waals surface area contributed by atoms with E-state index in [1.165, 1.54) is 19.3 Å². The Morgan fingerprint density at radius 2 is 1.72 bits per heavy atom. The minimum atomic E-state index is 0.344. The van der Waals surface area contributed by atoms with Gasteiger partial charge in [-0.1, -0.05) is 73.7 Å². The predicted octanol–water partition coefficient (Wildman–Crippen LogP) is 7.51. The van der Waals surface area contributed by atoms with Crippen LogP contribution in [0.2, 0.25) is 10.0 Å². The summed E-state index contributed by atoms with van der Waals surface area (Å²) in [6.07, 6.45) is 6.66. The highest BCUT2D eigenvalue weighted by molar-refractivity contribution is 6.32. The molecule has 5 rings (SSSR count). The molecule has 1 saturated carbocycles. The summed E-state index contributed by atoms with van der Waals surface area (Å²) in [5.74, 6) is 1.53. The fraction of sp³-hybridized carbons (Fsp3) is 0.320. The Kier molecular flexibility index (Phi) is 6.03. The number of aromatic nitrogens is 4. The van der Waals surface area contributed by atoms with Gasteiger partial charge in [-0.05, 0) is 43.5 Å². The monoisotopic (exact) mass is 466 g/mol.